The van der Waals surface area contributed by atoms with Crippen LogP contribution in [0, 0.1) is 0 Å². The van der Waals surface area contributed by atoms with Gasteiger partial charge in [-0.25, -0.2) is 0 Å². The molecule has 2 atom stereocenters. The molecule has 5 rings (SSSR count). The number of morpholine rings is 1. The van der Waals surface area contributed by atoms with E-state index in [0.29, 0.717) is 12.1 Å². The summed E-state index contributed by atoms with van der Waals surface area (Å²) in [4.78, 5) is 2.60. The van der Waals surface area contributed by atoms with Gasteiger partial charge in [-0.3, -0.25) is 4.90 Å². The lowest BCUT2D eigenvalue weighted by Crippen LogP contribution is -2.39. The summed E-state index contributed by atoms with van der Waals surface area (Å²) >= 11 is 0. The lowest BCUT2D eigenvalue weighted by molar-refractivity contribution is 0.0117. The van der Waals surface area contributed by atoms with Crippen molar-refractivity contribution in [3.8, 4) is 0 Å². The molecule has 0 unspecified atom stereocenters. The standard InChI is InChI=1S/C26H28N2O/c1-20(19-26(21-9-3-2-4-10-21)27-15-17-29-18-16-27)28-24-13-7-5-11-22(24)23-12-6-8-14-25(23)28/h2-14,20,26H,15-19H2,1H3/t20-,26+/m0/s1. The minimum atomic E-state index is 0.382. The van der Waals surface area contributed by atoms with E-state index in [0.717, 1.165) is 32.7 Å². The molecule has 148 valence electrons. The lowest BCUT2D eigenvalue weighted by atomic mass is 9.97. The first-order valence-electron chi connectivity index (χ1n) is 10.7. The van der Waals surface area contributed by atoms with Crippen LogP contribution in [0.1, 0.15) is 31.0 Å². The predicted octanol–water partition coefficient (Wildman–Crippen LogP) is 5.82. The lowest BCUT2D eigenvalue weighted by Gasteiger charge is -2.36. The van der Waals surface area contributed by atoms with Gasteiger partial charge in [0.2, 0.25) is 0 Å². The minimum absolute atomic E-state index is 0.382. The summed E-state index contributed by atoms with van der Waals surface area (Å²) in [6.45, 7) is 6.02. The molecule has 1 aliphatic rings. The highest BCUT2D eigenvalue weighted by molar-refractivity contribution is 6.08. The van der Waals surface area contributed by atoms with Crippen molar-refractivity contribution >= 4 is 21.8 Å². The van der Waals surface area contributed by atoms with Crippen LogP contribution in [0.3, 0.4) is 0 Å². The van der Waals surface area contributed by atoms with Crippen LogP contribution in [0.25, 0.3) is 21.8 Å². The first kappa shape index (κ1) is 18.4. The molecule has 3 aromatic carbocycles. The highest BCUT2D eigenvalue weighted by Gasteiger charge is 2.26. The zero-order chi connectivity index (χ0) is 19.6. The van der Waals surface area contributed by atoms with Gasteiger partial charge in [-0.1, -0.05) is 66.7 Å². The van der Waals surface area contributed by atoms with Crippen molar-refractivity contribution in [3.63, 3.8) is 0 Å². The largest absolute Gasteiger partial charge is 0.379 e. The van der Waals surface area contributed by atoms with Gasteiger partial charge in [0.15, 0.2) is 0 Å². The Morgan fingerprint density at radius 1 is 0.759 bits per heavy atom. The average Bonchev–Trinajstić information content (AvgIpc) is 3.13. The molecule has 1 aromatic heterocycles. The molecule has 1 fully saturated rings. The summed E-state index contributed by atoms with van der Waals surface area (Å²) in [5.41, 5.74) is 4.06. The summed E-state index contributed by atoms with van der Waals surface area (Å²) in [7, 11) is 0. The Hall–Kier alpha value is -2.62. The number of hydrogen-bond donors (Lipinski definition) is 0. The van der Waals surface area contributed by atoms with E-state index in [2.05, 4.69) is 95.3 Å². The topological polar surface area (TPSA) is 17.4 Å². The third-order valence-corrected chi connectivity index (χ3v) is 6.29. The summed E-state index contributed by atoms with van der Waals surface area (Å²) < 4.78 is 8.17. The number of hydrogen-bond acceptors (Lipinski definition) is 2. The number of ether oxygens (including phenoxy) is 1. The van der Waals surface area contributed by atoms with Gasteiger partial charge >= 0.3 is 0 Å². The van der Waals surface area contributed by atoms with Crippen molar-refractivity contribution in [3.05, 3.63) is 84.4 Å². The molecule has 0 aliphatic carbocycles. The average molecular weight is 385 g/mol. The van der Waals surface area contributed by atoms with Crippen LogP contribution in [0.15, 0.2) is 78.9 Å². The minimum Gasteiger partial charge on any atom is -0.379 e. The molecule has 29 heavy (non-hydrogen) atoms. The number of nitrogens with zero attached hydrogens (tertiary/aromatic N) is 2. The fraction of sp³-hybridized carbons (Fsp3) is 0.308. The zero-order valence-electron chi connectivity index (χ0n) is 17.0. The number of benzene rings is 3. The van der Waals surface area contributed by atoms with Gasteiger partial charge < -0.3 is 9.30 Å². The molecule has 0 spiro atoms. The second-order valence-electron chi connectivity index (χ2n) is 8.06. The summed E-state index contributed by atoms with van der Waals surface area (Å²) in [5, 5.41) is 2.69. The van der Waals surface area contributed by atoms with Crippen LogP contribution in [-0.2, 0) is 4.74 Å². The molecule has 0 saturated carbocycles. The van der Waals surface area contributed by atoms with Crippen LogP contribution >= 0.6 is 0 Å². The van der Waals surface area contributed by atoms with Crippen LogP contribution < -0.4 is 0 Å². The molecule has 0 radical (unpaired) electrons. The van der Waals surface area contributed by atoms with E-state index in [-0.39, 0.29) is 0 Å². The van der Waals surface area contributed by atoms with E-state index in [9.17, 15) is 0 Å². The van der Waals surface area contributed by atoms with Crippen molar-refractivity contribution in [1.29, 1.82) is 0 Å². The molecule has 0 N–H and O–H groups in total. The Morgan fingerprint density at radius 3 is 1.93 bits per heavy atom. The Kier molecular flexibility index (Phi) is 5.09. The second kappa shape index (κ2) is 8.02. The number of fused-ring (bicyclic) bond motifs is 3. The van der Waals surface area contributed by atoms with E-state index in [1.807, 2.05) is 0 Å². The third-order valence-electron chi connectivity index (χ3n) is 6.29. The Morgan fingerprint density at radius 2 is 1.31 bits per heavy atom. The highest BCUT2D eigenvalue weighted by atomic mass is 16.5. The van der Waals surface area contributed by atoms with E-state index >= 15 is 0 Å². The van der Waals surface area contributed by atoms with Gasteiger partial charge in [0.25, 0.3) is 0 Å². The summed E-state index contributed by atoms with van der Waals surface area (Å²) in [6, 6.07) is 29.4. The quantitative estimate of drug-likeness (QED) is 0.431. The highest BCUT2D eigenvalue weighted by Crippen LogP contribution is 2.36. The molecule has 4 aromatic rings. The maximum Gasteiger partial charge on any atom is 0.0594 e. The van der Waals surface area contributed by atoms with Crippen LogP contribution in [0.2, 0.25) is 0 Å². The molecule has 3 heteroatoms. The van der Waals surface area contributed by atoms with E-state index in [1.165, 1.54) is 27.4 Å². The maximum atomic E-state index is 5.63. The molecular formula is C26H28N2O. The Balaban J connectivity index is 1.56. The Labute approximate surface area is 172 Å². The van der Waals surface area contributed by atoms with Crippen LogP contribution in [0.4, 0.5) is 0 Å². The van der Waals surface area contributed by atoms with Crippen molar-refractivity contribution in [2.24, 2.45) is 0 Å². The number of aromatic nitrogens is 1. The van der Waals surface area contributed by atoms with Gasteiger partial charge in [-0.05, 0) is 31.0 Å². The molecule has 1 saturated heterocycles. The van der Waals surface area contributed by atoms with E-state index in [4.69, 9.17) is 4.74 Å². The van der Waals surface area contributed by atoms with Gasteiger partial charge in [-0.15, -0.1) is 0 Å². The summed E-state index contributed by atoms with van der Waals surface area (Å²) in [5.74, 6) is 0. The molecular weight excluding hydrogens is 356 g/mol. The molecule has 0 bridgehead atoms. The fourth-order valence-electron chi connectivity index (χ4n) is 4.92. The maximum absolute atomic E-state index is 5.63. The molecule has 2 heterocycles. The van der Waals surface area contributed by atoms with Crippen molar-refractivity contribution < 1.29 is 4.74 Å². The smallest absolute Gasteiger partial charge is 0.0594 e. The van der Waals surface area contributed by atoms with E-state index in [1.54, 1.807) is 0 Å². The van der Waals surface area contributed by atoms with Gasteiger partial charge in [0, 0.05) is 47.0 Å². The number of rotatable bonds is 5. The summed E-state index contributed by atoms with van der Waals surface area (Å²) in [6.07, 6.45) is 1.08. The monoisotopic (exact) mass is 384 g/mol. The van der Waals surface area contributed by atoms with Crippen LogP contribution in [0.5, 0.6) is 0 Å². The van der Waals surface area contributed by atoms with Gasteiger partial charge in [0.1, 0.15) is 0 Å². The normalized spacial score (nSPS) is 17.6. The first-order chi connectivity index (χ1) is 14.3. The van der Waals surface area contributed by atoms with Crippen molar-refractivity contribution in [2.45, 2.75) is 25.4 Å². The third kappa shape index (κ3) is 3.45. The first-order valence-corrected chi connectivity index (χ1v) is 10.7. The molecule has 0 amide bonds. The van der Waals surface area contributed by atoms with Gasteiger partial charge in [0.05, 0.1) is 13.2 Å². The molecule has 1 aliphatic heterocycles. The SMILES string of the molecule is C[C@@H](C[C@H](c1ccccc1)N1CCOCC1)n1c2ccccc2c2ccccc21. The van der Waals surface area contributed by atoms with Crippen molar-refractivity contribution in [1.82, 2.24) is 9.47 Å². The Bertz CT molecular complexity index is 1040. The fourth-order valence-corrected chi connectivity index (χ4v) is 4.92. The number of para-hydroxylation sites is 2. The second-order valence-corrected chi connectivity index (χ2v) is 8.06. The van der Waals surface area contributed by atoms with E-state index < -0.39 is 0 Å². The van der Waals surface area contributed by atoms with Crippen molar-refractivity contribution in [2.75, 3.05) is 26.3 Å². The molecule has 3 nitrogen and oxygen atoms in total. The zero-order valence-corrected chi connectivity index (χ0v) is 17.0. The van der Waals surface area contributed by atoms with Crippen LogP contribution in [-0.4, -0.2) is 35.8 Å². The van der Waals surface area contributed by atoms with Gasteiger partial charge in [-0.2, -0.15) is 0 Å². The predicted molar refractivity (Wildman–Crippen MR) is 120 cm³/mol.